The van der Waals surface area contributed by atoms with Crippen molar-refractivity contribution in [3.8, 4) is 16.6 Å². The Morgan fingerprint density at radius 3 is 2.47 bits per heavy atom. The number of thiazole rings is 1. The van der Waals surface area contributed by atoms with Crippen LogP contribution < -0.4 is 9.46 Å². The molecule has 0 radical (unpaired) electrons. The van der Waals surface area contributed by atoms with Gasteiger partial charge in [-0.05, 0) is 91.2 Å². The van der Waals surface area contributed by atoms with E-state index in [4.69, 9.17) is 19.4 Å². The highest BCUT2D eigenvalue weighted by Crippen LogP contribution is 2.57. The molecule has 2 aromatic heterocycles. The van der Waals surface area contributed by atoms with E-state index in [9.17, 15) is 27.6 Å². The Morgan fingerprint density at radius 2 is 1.82 bits per heavy atom. The van der Waals surface area contributed by atoms with Gasteiger partial charge >= 0.3 is 16.2 Å². The van der Waals surface area contributed by atoms with Crippen LogP contribution in [0.4, 0.5) is 0 Å². The maximum absolute atomic E-state index is 14.8. The summed E-state index contributed by atoms with van der Waals surface area (Å²) in [4.78, 5) is 69.3. The minimum atomic E-state index is -4.13. The summed E-state index contributed by atoms with van der Waals surface area (Å²) in [5.41, 5.74) is 1.49. The molecule has 60 heavy (non-hydrogen) atoms. The van der Waals surface area contributed by atoms with E-state index >= 15 is 0 Å². The van der Waals surface area contributed by atoms with Gasteiger partial charge in [0.05, 0.1) is 35.6 Å². The van der Waals surface area contributed by atoms with Crippen molar-refractivity contribution in [2.75, 3.05) is 20.6 Å². The highest BCUT2D eigenvalue weighted by molar-refractivity contribution is 7.87. The van der Waals surface area contributed by atoms with Crippen LogP contribution in [-0.4, -0.2) is 94.1 Å². The number of carbonyl (C=O) groups excluding carboxylic acids is 4. The number of amides is 2. The Kier molecular flexibility index (Phi) is 13.4. The first-order valence-corrected chi connectivity index (χ1v) is 23.5. The van der Waals surface area contributed by atoms with Gasteiger partial charge in [-0.1, -0.05) is 44.9 Å². The number of nitrogens with zero attached hydrogens (tertiary/aromatic N) is 5. The zero-order valence-corrected chi connectivity index (χ0v) is 38.4. The number of imidazole rings is 1. The molecular weight excluding hydrogens is 805 g/mol. The fraction of sp³-hybridized carbons (Fsp3) is 0.636. The number of aryl methyl sites for hydroxylation is 1. The number of nitrogens with one attached hydrogen (secondary N) is 1. The molecule has 3 aromatic rings. The molecule has 4 heterocycles. The number of ether oxygens (including phenoxy) is 2. The van der Waals surface area contributed by atoms with Crippen LogP contribution in [0.1, 0.15) is 129 Å². The first kappa shape index (κ1) is 45.4. The quantitative estimate of drug-likeness (QED) is 0.161. The molecule has 2 fully saturated rings. The number of benzene rings is 1. The Balaban J connectivity index is 1.37. The summed E-state index contributed by atoms with van der Waals surface area (Å²) in [5, 5.41) is 0.866. The number of para-hydroxylation sites is 1. The minimum Gasteiger partial charge on any atom is -0.460 e. The molecule has 2 amide bonds. The van der Waals surface area contributed by atoms with Crippen molar-refractivity contribution >= 4 is 56.1 Å². The average Bonchev–Trinajstić information content (AvgIpc) is 3.42. The van der Waals surface area contributed by atoms with Gasteiger partial charge in [0.25, 0.3) is 6.01 Å². The molecule has 1 aliphatic carbocycles. The molecule has 2 aliphatic heterocycles. The normalized spacial score (nSPS) is 24.9. The summed E-state index contributed by atoms with van der Waals surface area (Å²) in [7, 11) is -1.48. The molecule has 328 valence electrons. The van der Waals surface area contributed by atoms with Crippen molar-refractivity contribution in [1.82, 2.24) is 28.5 Å². The van der Waals surface area contributed by atoms with E-state index in [0.29, 0.717) is 25.3 Å². The van der Waals surface area contributed by atoms with E-state index < -0.39 is 51.2 Å². The van der Waals surface area contributed by atoms with Gasteiger partial charge in [0.15, 0.2) is 5.78 Å². The summed E-state index contributed by atoms with van der Waals surface area (Å²) in [6, 6.07) is 5.29. The number of Topliss-reactive ketones (excluding diaryl/α,β-unsaturated/α-hetero) is 1. The second-order valence-electron chi connectivity index (χ2n) is 18.5. The smallest absolute Gasteiger partial charge is 0.307 e. The monoisotopic (exact) mass is 866 g/mol. The van der Waals surface area contributed by atoms with E-state index in [1.807, 2.05) is 48.8 Å². The van der Waals surface area contributed by atoms with Crippen LogP contribution >= 0.6 is 11.3 Å². The fourth-order valence-electron chi connectivity index (χ4n) is 8.58. The fourth-order valence-corrected chi connectivity index (χ4v) is 10.3. The topological polar surface area (TPSA) is 170 Å². The highest BCUT2D eigenvalue weighted by Gasteiger charge is 2.61. The van der Waals surface area contributed by atoms with Gasteiger partial charge in [-0.3, -0.25) is 23.7 Å². The number of carbonyl (C=O) groups is 4. The third-order valence-electron chi connectivity index (χ3n) is 11.8. The third kappa shape index (κ3) is 9.81. The molecule has 16 heteroatoms. The van der Waals surface area contributed by atoms with Crippen LogP contribution in [0, 0.1) is 24.2 Å². The second-order valence-corrected chi connectivity index (χ2v) is 21.6. The Morgan fingerprint density at radius 1 is 1.08 bits per heavy atom. The minimum absolute atomic E-state index is 0.0508. The maximum atomic E-state index is 14.8. The summed E-state index contributed by atoms with van der Waals surface area (Å²) in [6.45, 7) is 15.8. The van der Waals surface area contributed by atoms with E-state index in [-0.39, 0.29) is 55.4 Å². The van der Waals surface area contributed by atoms with Crippen molar-refractivity contribution in [3.63, 3.8) is 0 Å². The Hall–Kier alpha value is -4.15. The average molecular weight is 867 g/mol. The lowest BCUT2D eigenvalue weighted by Crippen LogP contribution is -2.47. The van der Waals surface area contributed by atoms with Crippen molar-refractivity contribution in [1.29, 1.82) is 0 Å². The molecule has 3 aliphatic rings. The molecule has 1 aromatic carbocycles. The molecular formula is C44H62N6O8S2. The van der Waals surface area contributed by atoms with Gasteiger partial charge in [0, 0.05) is 49.3 Å². The number of hydrogen-bond acceptors (Lipinski definition) is 11. The molecule has 1 saturated carbocycles. The zero-order valence-electron chi connectivity index (χ0n) is 36.7. The van der Waals surface area contributed by atoms with Crippen LogP contribution in [0.15, 0.2) is 30.4 Å². The predicted molar refractivity (Wildman–Crippen MR) is 232 cm³/mol. The zero-order chi connectivity index (χ0) is 43.9. The lowest BCUT2D eigenvalue weighted by Gasteiger charge is -2.29. The lowest BCUT2D eigenvalue weighted by atomic mass is 9.90. The maximum Gasteiger partial charge on any atom is 0.307 e. The first-order valence-electron chi connectivity index (χ1n) is 21.2. The van der Waals surface area contributed by atoms with E-state index in [1.165, 1.54) is 19.0 Å². The summed E-state index contributed by atoms with van der Waals surface area (Å²) >= 11 is 1.63. The number of ketones is 1. The molecule has 6 rings (SSSR count). The van der Waals surface area contributed by atoms with E-state index in [2.05, 4.69) is 25.5 Å². The number of esters is 1. The number of rotatable bonds is 10. The molecule has 0 bridgehead atoms. The first-order chi connectivity index (χ1) is 28.1. The lowest BCUT2D eigenvalue weighted by molar-refractivity contribution is -0.159. The van der Waals surface area contributed by atoms with Gasteiger partial charge in [-0.25, -0.2) is 9.71 Å². The molecule has 1 N–H and O–H groups in total. The van der Waals surface area contributed by atoms with Crippen molar-refractivity contribution in [2.45, 2.75) is 143 Å². The molecule has 1 saturated heterocycles. The molecule has 14 nitrogen and oxygen atoms in total. The summed E-state index contributed by atoms with van der Waals surface area (Å²) < 4.78 is 43.2. The van der Waals surface area contributed by atoms with Gasteiger partial charge in [0.1, 0.15) is 22.2 Å². The number of hydrogen-bond donors (Lipinski definition) is 1. The number of allylic oxidation sites excluding steroid dienone is 2. The second kappa shape index (κ2) is 17.7. The molecule has 0 spiro atoms. The predicted octanol–water partition coefficient (Wildman–Crippen LogP) is 7.28. The van der Waals surface area contributed by atoms with Crippen LogP contribution in [-0.2, 0) is 34.1 Å². The Bertz CT molecular complexity index is 2250. The van der Waals surface area contributed by atoms with Gasteiger partial charge in [0.2, 0.25) is 11.8 Å². The van der Waals surface area contributed by atoms with Crippen LogP contribution in [0.25, 0.3) is 21.6 Å². The summed E-state index contributed by atoms with van der Waals surface area (Å²) in [6.07, 6.45) is 6.73. The van der Waals surface area contributed by atoms with Gasteiger partial charge in [-0.15, -0.1) is 11.3 Å². The van der Waals surface area contributed by atoms with Crippen LogP contribution in [0.3, 0.4) is 0 Å². The third-order valence-corrected chi connectivity index (χ3v) is 14.2. The van der Waals surface area contributed by atoms with E-state index in [1.54, 1.807) is 32.1 Å². The summed E-state index contributed by atoms with van der Waals surface area (Å²) in [5.74, 6) is -2.78. The van der Waals surface area contributed by atoms with Crippen molar-refractivity contribution < 1.29 is 37.1 Å². The van der Waals surface area contributed by atoms with Crippen LogP contribution in [0.2, 0.25) is 0 Å². The number of aromatic nitrogens is 3. The molecule has 0 unspecified atom stereocenters. The van der Waals surface area contributed by atoms with E-state index in [0.717, 1.165) is 55.7 Å². The van der Waals surface area contributed by atoms with Crippen molar-refractivity contribution in [2.24, 2.45) is 17.3 Å². The molecule has 5 atom stereocenters. The van der Waals surface area contributed by atoms with Gasteiger partial charge < -0.3 is 14.4 Å². The van der Waals surface area contributed by atoms with Crippen LogP contribution in [0.5, 0.6) is 6.01 Å². The van der Waals surface area contributed by atoms with Crippen molar-refractivity contribution in [3.05, 3.63) is 40.9 Å². The highest BCUT2D eigenvalue weighted by atomic mass is 32.2. The Labute approximate surface area is 358 Å². The van der Waals surface area contributed by atoms with Gasteiger partial charge in [-0.2, -0.15) is 17.7 Å². The number of fused-ring (bicyclic) bond motifs is 3. The SMILES string of the molecule is Cc1sc(-c2cccc3c2nc(O[C@@H]2C[C@H]4C(=O)C[C@]5(C(=O)NS(=O)(=O)N(C)C)C[C@H]5/C=C\CCCCC[C@H](CC(=O)OC(C)(C)C)C(=O)N4C2)n3C(C)C)nc1C(C)C. The standard InChI is InChI=1S/C44H62N6O8S2/c1-26(2)37-28(5)59-39(45-37)32-19-16-20-33-38(32)46-42(50(33)27(3)4)57-31-22-34-35(51)24-44(41(54)47-60(55,56)48(9)10)23-30(44)18-15-13-11-12-14-17-29(40(53)49(34)25-31)21-36(52)58-43(6,7)8/h15-16,18-20,26-27,29-31,34H,11-14,17,21-25H2,1-10H3,(H,47,54)/b18-15-/t29-,30-,31-,34+,44-/m1/s1. The largest absolute Gasteiger partial charge is 0.460 e.